The number of anilines is 1. The molecule has 2 rings (SSSR count). The van der Waals surface area contributed by atoms with Gasteiger partial charge in [-0.2, -0.15) is 0 Å². The van der Waals surface area contributed by atoms with E-state index < -0.39 is 10.0 Å². The molecule has 0 aliphatic rings. The van der Waals surface area contributed by atoms with E-state index in [1.807, 2.05) is 50.2 Å². The predicted octanol–water partition coefficient (Wildman–Crippen LogP) is 2.73. The molecule has 0 radical (unpaired) electrons. The maximum Gasteiger partial charge on any atom is 0.241 e. The summed E-state index contributed by atoms with van der Waals surface area (Å²) >= 11 is 0. The van der Waals surface area contributed by atoms with Crippen LogP contribution in [0, 0.1) is 0 Å². The first-order valence-corrected chi connectivity index (χ1v) is 10.7. The van der Waals surface area contributed by atoms with Crippen LogP contribution in [0.1, 0.15) is 25.0 Å². The molecular weight excluding hydrogens is 364 g/mol. The van der Waals surface area contributed by atoms with Gasteiger partial charge in [0.15, 0.2) is 0 Å². The van der Waals surface area contributed by atoms with Gasteiger partial charge in [-0.1, -0.05) is 37.3 Å². The van der Waals surface area contributed by atoms with Crippen LogP contribution in [0.2, 0.25) is 0 Å². The third-order valence-electron chi connectivity index (χ3n) is 4.03. The zero-order valence-corrected chi connectivity index (χ0v) is 16.8. The van der Waals surface area contributed by atoms with Crippen molar-refractivity contribution in [3.63, 3.8) is 0 Å². The van der Waals surface area contributed by atoms with Crippen LogP contribution in [0.3, 0.4) is 0 Å². The lowest BCUT2D eigenvalue weighted by molar-refractivity contribution is -0.119. The molecular formula is C20H26N2O4S. The van der Waals surface area contributed by atoms with Gasteiger partial charge in [-0.25, -0.2) is 8.42 Å². The second kappa shape index (κ2) is 9.41. The molecule has 2 aromatic rings. The number of benzene rings is 2. The number of para-hydroxylation sites is 1. The van der Waals surface area contributed by atoms with Gasteiger partial charge in [0.25, 0.3) is 0 Å². The summed E-state index contributed by atoms with van der Waals surface area (Å²) in [4.78, 5) is 12.4. The summed E-state index contributed by atoms with van der Waals surface area (Å²) in [6.07, 6.45) is 1.78. The Hall–Kier alpha value is -2.54. The van der Waals surface area contributed by atoms with E-state index >= 15 is 0 Å². The maximum absolute atomic E-state index is 12.4. The molecule has 0 aromatic heterocycles. The average Bonchev–Trinajstić information content (AvgIpc) is 2.64. The van der Waals surface area contributed by atoms with Crippen LogP contribution in [0.4, 0.5) is 5.69 Å². The number of nitrogens with one attached hydrogen (secondary N) is 1. The van der Waals surface area contributed by atoms with Crippen LogP contribution < -0.4 is 14.4 Å². The lowest BCUT2D eigenvalue weighted by atomic mass is 10.1. The van der Waals surface area contributed by atoms with E-state index in [1.165, 1.54) is 0 Å². The number of carbonyl (C=O) groups excluding carboxylic acids is 1. The molecule has 1 amide bonds. The van der Waals surface area contributed by atoms with Gasteiger partial charge in [-0.3, -0.25) is 9.10 Å². The van der Waals surface area contributed by atoms with Crippen LogP contribution in [0.5, 0.6) is 5.75 Å². The topological polar surface area (TPSA) is 75.7 Å². The number of hydrogen-bond acceptors (Lipinski definition) is 4. The highest BCUT2D eigenvalue weighted by Gasteiger charge is 2.22. The van der Waals surface area contributed by atoms with Gasteiger partial charge in [0.05, 0.1) is 18.6 Å². The Kier molecular flexibility index (Phi) is 7.24. The number of nitrogens with zero attached hydrogens (tertiary/aromatic N) is 1. The molecule has 1 N–H and O–H groups in total. The molecule has 0 saturated carbocycles. The van der Waals surface area contributed by atoms with Crippen LogP contribution in [0.25, 0.3) is 0 Å². The molecule has 0 bridgehead atoms. The molecule has 0 heterocycles. The third kappa shape index (κ3) is 5.99. The summed E-state index contributed by atoms with van der Waals surface area (Å²) in [7, 11) is -3.59. The Morgan fingerprint density at radius 1 is 1.11 bits per heavy atom. The molecule has 6 nitrogen and oxygen atoms in total. The highest BCUT2D eigenvalue weighted by Crippen LogP contribution is 2.23. The molecule has 0 aliphatic heterocycles. The van der Waals surface area contributed by atoms with Gasteiger partial charge in [-0.15, -0.1) is 0 Å². The van der Waals surface area contributed by atoms with E-state index in [0.29, 0.717) is 25.3 Å². The zero-order chi connectivity index (χ0) is 19.9. The van der Waals surface area contributed by atoms with Crippen LogP contribution in [0.15, 0.2) is 48.5 Å². The van der Waals surface area contributed by atoms with Crippen molar-refractivity contribution >= 4 is 21.6 Å². The van der Waals surface area contributed by atoms with Crippen LogP contribution in [-0.2, 0) is 27.8 Å². The standard InChI is InChI=1S/C20H26N2O4S/c1-4-17-10-6-7-12-19(17)22(27(3,24)25)15-20(23)21-14-16-9-8-11-18(13-16)26-5-2/h6-13H,4-5,14-15H2,1-3H3,(H,21,23). The van der Waals surface area contributed by atoms with E-state index in [1.54, 1.807) is 12.1 Å². The molecule has 7 heteroatoms. The second-order valence-corrected chi connectivity index (χ2v) is 8.02. The third-order valence-corrected chi connectivity index (χ3v) is 5.15. The molecule has 0 fully saturated rings. The Balaban J connectivity index is 2.10. The summed E-state index contributed by atoms with van der Waals surface area (Å²) in [5.41, 5.74) is 2.30. The molecule has 0 spiro atoms. The normalized spacial score (nSPS) is 11.1. The summed E-state index contributed by atoms with van der Waals surface area (Å²) in [5.74, 6) is 0.368. The van der Waals surface area contributed by atoms with E-state index in [4.69, 9.17) is 4.74 Å². The fourth-order valence-corrected chi connectivity index (χ4v) is 3.62. The molecule has 0 unspecified atom stereocenters. The fourth-order valence-electron chi connectivity index (χ4n) is 2.73. The number of sulfonamides is 1. The first-order valence-electron chi connectivity index (χ1n) is 8.89. The molecule has 2 aromatic carbocycles. The minimum absolute atomic E-state index is 0.263. The van der Waals surface area contributed by atoms with Crippen molar-refractivity contribution in [3.05, 3.63) is 59.7 Å². The van der Waals surface area contributed by atoms with Gasteiger partial charge in [0.1, 0.15) is 12.3 Å². The molecule has 27 heavy (non-hydrogen) atoms. The molecule has 0 atom stereocenters. The SMILES string of the molecule is CCOc1cccc(CNC(=O)CN(c2ccccc2CC)S(C)(=O)=O)c1. The molecule has 0 saturated heterocycles. The van der Waals surface area contributed by atoms with Crippen molar-refractivity contribution in [1.29, 1.82) is 0 Å². The lowest BCUT2D eigenvalue weighted by Crippen LogP contribution is -2.40. The minimum Gasteiger partial charge on any atom is -0.494 e. The van der Waals surface area contributed by atoms with Crippen molar-refractivity contribution in [1.82, 2.24) is 5.32 Å². The van der Waals surface area contributed by atoms with Crippen molar-refractivity contribution in [3.8, 4) is 5.75 Å². The van der Waals surface area contributed by atoms with E-state index in [0.717, 1.165) is 27.4 Å². The summed E-state index contributed by atoms with van der Waals surface area (Å²) < 4.78 is 31.1. The second-order valence-electron chi connectivity index (χ2n) is 6.11. The quantitative estimate of drug-likeness (QED) is 0.714. The predicted molar refractivity (Wildman–Crippen MR) is 107 cm³/mol. The van der Waals surface area contributed by atoms with Gasteiger partial charge in [0, 0.05) is 6.54 Å². The maximum atomic E-state index is 12.4. The van der Waals surface area contributed by atoms with Crippen molar-refractivity contribution in [2.24, 2.45) is 0 Å². The summed E-state index contributed by atoms with van der Waals surface area (Å²) in [6.45, 7) is 4.46. The number of rotatable bonds is 9. The monoisotopic (exact) mass is 390 g/mol. The first kappa shape index (κ1) is 20.8. The number of carbonyl (C=O) groups is 1. The first-order chi connectivity index (χ1) is 12.8. The van der Waals surface area contributed by atoms with E-state index in [-0.39, 0.29) is 12.5 Å². The Labute approximate surface area is 161 Å². The van der Waals surface area contributed by atoms with Crippen molar-refractivity contribution < 1.29 is 17.9 Å². The van der Waals surface area contributed by atoms with Crippen LogP contribution >= 0.6 is 0 Å². The van der Waals surface area contributed by atoms with E-state index in [2.05, 4.69) is 5.32 Å². The lowest BCUT2D eigenvalue weighted by Gasteiger charge is -2.24. The smallest absolute Gasteiger partial charge is 0.241 e. The van der Waals surface area contributed by atoms with Crippen LogP contribution in [-0.4, -0.2) is 33.7 Å². The number of ether oxygens (including phenoxy) is 1. The van der Waals surface area contributed by atoms with Crippen molar-refractivity contribution in [2.45, 2.75) is 26.8 Å². The number of aryl methyl sites for hydroxylation is 1. The number of hydrogen-bond donors (Lipinski definition) is 1. The Morgan fingerprint density at radius 2 is 1.85 bits per heavy atom. The largest absolute Gasteiger partial charge is 0.494 e. The van der Waals surface area contributed by atoms with Gasteiger partial charge >= 0.3 is 0 Å². The molecule has 0 aliphatic carbocycles. The van der Waals surface area contributed by atoms with E-state index in [9.17, 15) is 13.2 Å². The Bertz CT molecular complexity index is 881. The van der Waals surface area contributed by atoms with Gasteiger partial charge < -0.3 is 10.1 Å². The summed E-state index contributed by atoms with van der Waals surface area (Å²) in [6, 6.07) is 14.6. The minimum atomic E-state index is -3.59. The van der Waals surface area contributed by atoms with Gasteiger partial charge in [-0.05, 0) is 42.7 Å². The molecule has 146 valence electrons. The fraction of sp³-hybridized carbons (Fsp3) is 0.350. The summed E-state index contributed by atoms with van der Waals surface area (Å²) in [5, 5.41) is 2.78. The highest BCUT2D eigenvalue weighted by atomic mass is 32.2. The zero-order valence-electron chi connectivity index (χ0n) is 15.9. The number of amides is 1. The average molecular weight is 391 g/mol. The Morgan fingerprint density at radius 3 is 2.52 bits per heavy atom. The highest BCUT2D eigenvalue weighted by molar-refractivity contribution is 7.92. The van der Waals surface area contributed by atoms with Crippen molar-refractivity contribution in [2.75, 3.05) is 23.7 Å². The van der Waals surface area contributed by atoms with Gasteiger partial charge in [0.2, 0.25) is 15.9 Å².